The number of urea groups is 1. The van der Waals surface area contributed by atoms with Crippen LogP contribution in [0, 0.1) is 0 Å². The van der Waals surface area contributed by atoms with Gasteiger partial charge in [-0.15, -0.1) is 0 Å². The Bertz CT molecular complexity index is 479. The number of carboxylic acid groups (broad SMARTS) is 1. The summed E-state index contributed by atoms with van der Waals surface area (Å²) in [5.41, 5.74) is -0.102. The lowest BCUT2D eigenvalue weighted by Crippen LogP contribution is -2.58. The topological polar surface area (TPSA) is 98.7 Å². The number of hydrogen-bond acceptors (Lipinski definition) is 4. The second kappa shape index (κ2) is 6.71. The van der Waals surface area contributed by atoms with Crippen LogP contribution in [0.5, 0.6) is 0 Å². The molecule has 1 fully saturated rings. The molecular weight excluding hydrogens is 274 g/mol. The second-order valence-corrected chi connectivity index (χ2v) is 5.66. The molecule has 118 valence electrons. The SMILES string of the molecule is CC(C(=O)O)=C(C)C(=O)NC(=O)NCC1(N(C)C)CCC1. The van der Waals surface area contributed by atoms with Crippen LogP contribution < -0.4 is 10.6 Å². The van der Waals surface area contributed by atoms with Gasteiger partial charge < -0.3 is 15.3 Å². The van der Waals surface area contributed by atoms with Crippen LogP contribution in [0.4, 0.5) is 4.79 Å². The van der Waals surface area contributed by atoms with Gasteiger partial charge in [-0.1, -0.05) is 0 Å². The quantitative estimate of drug-likeness (QED) is 0.649. The van der Waals surface area contributed by atoms with Crippen LogP contribution in [0.25, 0.3) is 0 Å². The Hall–Kier alpha value is -1.89. The molecule has 1 saturated carbocycles. The van der Waals surface area contributed by atoms with E-state index in [-0.39, 0.29) is 16.7 Å². The lowest BCUT2D eigenvalue weighted by atomic mass is 9.75. The van der Waals surface area contributed by atoms with Gasteiger partial charge in [0.1, 0.15) is 0 Å². The molecule has 0 aromatic carbocycles. The molecule has 0 aromatic heterocycles. The Morgan fingerprint density at radius 1 is 1.14 bits per heavy atom. The molecule has 0 unspecified atom stereocenters. The Balaban J connectivity index is 2.53. The van der Waals surface area contributed by atoms with Crippen LogP contribution in [0.3, 0.4) is 0 Å². The van der Waals surface area contributed by atoms with Crippen molar-refractivity contribution in [1.29, 1.82) is 0 Å². The molecule has 1 aliphatic rings. The summed E-state index contributed by atoms with van der Waals surface area (Å²) in [5, 5.41) is 13.6. The third-order valence-electron chi connectivity index (χ3n) is 4.26. The van der Waals surface area contributed by atoms with Gasteiger partial charge in [-0.05, 0) is 47.2 Å². The van der Waals surface area contributed by atoms with Gasteiger partial charge in [0.05, 0.1) is 0 Å². The van der Waals surface area contributed by atoms with Crippen molar-refractivity contribution in [1.82, 2.24) is 15.5 Å². The number of nitrogens with zero attached hydrogens (tertiary/aromatic N) is 1. The molecule has 1 aliphatic carbocycles. The van der Waals surface area contributed by atoms with Crippen molar-refractivity contribution < 1.29 is 19.5 Å². The van der Waals surface area contributed by atoms with Gasteiger partial charge in [0.2, 0.25) is 0 Å². The minimum absolute atomic E-state index is 0.0172. The van der Waals surface area contributed by atoms with E-state index >= 15 is 0 Å². The average molecular weight is 297 g/mol. The first-order chi connectivity index (χ1) is 9.69. The normalized spacial score (nSPS) is 17.6. The van der Waals surface area contributed by atoms with Gasteiger partial charge in [-0.3, -0.25) is 10.1 Å². The fourth-order valence-electron chi connectivity index (χ4n) is 2.18. The van der Waals surface area contributed by atoms with Gasteiger partial charge in [-0.25, -0.2) is 9.59 Å². The lowest BCUT2D eigenvalue weighted by Gasteiger charge is -2.47. The maximum atomic E-state index is 11.7. The molecule has 3 amide bonds. The maximum absolute atomic E-state index is 11.7. The molecule has 0 radical (unpaired) electrons. The first kappa shape index (κ1) is 17.2. The summed E-state index contributed by atoms with van der Waals surface area (Å²) >= 11 is 0. The van der Waals surface area contributed by atoms with E-state index in [0.29, 0.717) is 6.54 Å². The van der Waals surface area contributed by atoms with Gasteiger partial charge >= 0.3 is 12.0 Å². The summed E-state index contributed by atoms with van der Waals surface area (Å²) in [4.78, 5) is 36.3. The van der Waals surface area contributed by atoms with Crippen LogP contribution in [0.2, 0.25) is 0 Å². The van der Waals surface area contributed by atoms with Gasteiger partial charge in [-0.2, -0.15) is 0 Å². The number of hydrogen-bond donors (Lipinski definition) is 3. The standard InChI is InChI=1S/C14H23N3O4/c1-9(10(2)12(19)20)11(18)16-13(21)15-8-14(17(3)4)6-5-7-14/h5-8H2,1-4H3,(H,19,20)(H2,15,16,18,21). The molecule has 0 heterocycles. The van der Waals surface area contributed by atoms with Gasteiger partial charge in [0.25, 0.3) is 5.91 Å². The Kier molecular flexibility index (Phi) is 5.48. The highest BCUT2D eigenvalue weighted by Crippen LogP contribution is 2.35. The number of likely N-dealkylation sites (N-methyl/N-ethyl adjacent to an activating group) is 1. The zero-order valence-corrected chi connectivity index (χ0v) is 12.9. The van der Waals surface area contributed by atoms with E-state index < -0.39 is 17.9 Å². The molecule has 0 spiro atoms. The first-order valence-corrected chi connectivity index (χ1v) is 6.87. The van der Waals surface area contributed by atoms with E-state index in [2.05, 4.69) is 15.5 Å². The van der Waals surface area contributed by atoms with Crippen molar-refractivity contribution in [3.63, 3.8) is 0 Å². The number of carboxylic acids is 1. The summed E-state index contributed by atoms with van der Waals surface area (Å²) in [6.45, 7) is 3.16. The maximum Gasteiger partial charge on any atom is 0.331 e. The summed E-state index contributed by atoms with van der Waals surface area (Å²) in [6.07, 6.45) is 3.14. The Labute approximate surface area is 124 Å². The molecular formula is C14H23N3O4. The third-order valence-corrected chi connectivity index (χ3v) is 4.26. The zero-order chi connectivity index (χ0) is 16.2. The average Bonchev–Trinajstić information content (AvgIpc) is 2.34. The first-order valence-electron chi connectivity index (χ1n) is 6.87. The van der Waals surface area contributed by atoms with Crippen LogP contribution in [-0.2, 0) is 9.59 Å². The molecule has 1 rings (SSSR count). The molecule has 0 atom stereocenters. The molecule has 0 bridgehead atoms. The van der Waals surface area contributed by atoms with E-state index in [0.717, 1.165) is 19.3 Å². The molecule has 3 N–H and O–H groups in total. The summed E-state index contributed by atoms with van der Waals surface area (Å²) in [5.74, 6) is -1.87. The zero-order valence-electron chi connectivity index (χ0n) is 12.9. The molecule has 0 aliphatic heterocycles. The van der Waals surface area contributed by atoms with Crippen molar-refractivity contribution in [2.45, 2.75) is 38.6 Å². The second-order valence-electron chi connectivity index (χ2n) is 5.66. The molecule has 7 nitrogen and oxygen atoms in total. The number of aliphatic carboxylic acids is 1. The number of rotatable bonds is 5. The van der Waals surface area contributed by atoms with Crippen molar-refractivity contribution in [3.8, 4) is 0 Å². The van der Waals surface area contributed by atoms with E-state index in [9.17, 15) is 14.4 Å². The van der Waals surface area contributed by atoms with E-state index in [4.69, 9.17) is 5.11 Å². The Morgan fingerprint density at radius 3 is 2.10 bits per heavy atom. The van der Waals surface area contributed by atoms with Gasteiger partial charge in [0.15, 0.2) is 0 Å². The third kappa shape index (κ3) is 4.04. The minimum atomic E-state index is -1.18. The number of carbonyl (C=O) groups is 3. The van der Waals surface area contributed by atoms with E-state index in [1.54, 1.807) is 0 Å². The lowest BCUT2D eigenvalue weighted by molar-refractivity contribution is -0.133. The molecule has 0 saturated heterocycles. The van der Waals surface area contributed by atoms with Crippen LogP contribution in [-0.4, -0.2) is 54.1 Å². The molecule has 21 heavy (non-hydrogen) atoms. The predicted molar refractivity (Wildman–Crippen MR) is 77.8 cm³/mol. The van der Waals surface area contributed by atoms with E-state index in [1.165, 1.54) is 13.8 Å². The number of imide groups is 1. The van der Waals surface area contributed by atoms with Crippen LogP contribution in [0.15, 0.2) is 11.1 Å². The van der Waals surface area contributed by atoms with Crippen molar-refractivity contribution in [3.05, 3.63) is 11.1 Å². The summed E-state index contributed by atoms with van der Waals surface area (Å²) < 4.78 is 0. The van der Waals surface area contributed by atoms with E-state index in [1.807, 2.05) is 14.1 Å². The molecule has 0 aromatic rings. The highest BCUT2D eigenvalue weighted by Gasteiger charge is 2.39. The highest BCUT2D eigenvalue weighted by molar-refractivity contribution is 6.07. The fourth-order valence-corrected chi connectivity index (χ4v) is 2.18. The largest absolute Gasteiger partial charge is 0.478 e. The highest BCUT2D eigenvalue weighted by atomic mass is 16.4. The van der Waals surface area contributed by atoms with Crippen molar-refractivity contribution >= 4 is 17.9 Å². The number of nitrogens with one attached hydrogen (secondary N) is 2. The number of amides is 3. The minimum Gasteiger partial charge on any atom is -0.478 e. The fraction of sp³-hybridized carbons (Fsp3) is 0.643. The summed E-state index contributed by atoms with van der Waals surface area (Å²) in [7, 11) is 3.93. The number of carbonyl (C=O) groups excluding carboxylic acids is 2. The monoisotopic (exact) mass is 297 g/mol. The molecule has 7 heteroatoms. The summed E-state index contributed by atoms with van der Waals surface area (Å²) in [6, 6.07) is -0.606. The Morgan fingerprint density at radius 2 is 1.71 bits per heavy atom. The van der Waals surface area contributed by atoms with Crippen LogP contribution >= 0.6 is 0 Å². The van der Waals surface area contributed by atoms with Crippen molar-refractivity contribution in [2.24, 2.45) is 0 Å². The smallest absolute Gasteiger partial charge is 0.331 e. The van der Waals surface area contributed by atoms with Gasteiger partial charge in [0, 0.05) is 23.2 Å². The predicted octanol–water partition coefficient (Wildman–Crippen LogP) is 0.718. The van der Waals surface area contributed by atoms with Crippen LogP contribution in [0.1, 0.15) is 33.1 Å². The van der Waals surface area contributed by atoms with Crippen molar-refractivity contribution in [2.75, 3.05) is 20.6 Å².